The van der Waals surface area contributed by atoms with E-state index in [-0.39, 0.29) is 12.0 Å². The molecule has 0 aliphatic carbocycles. The van der Waals surface area contributed by atoms with Gasteiger partial charge >= 0.3 is 12.1 Å². The van der Waals surface area contributed by atoms with Gasteiger partial charge in [-0.2, -0.15) is 13.2 Å². The van der Waals surface area contributed by atoms with Crippen molar-refractivity contribution in [1.29, 1.82) is 0 Å². The zero-order valence-electron chi connectivity index (χ0n) is 20.9. The van der Waals surface area contributed by atoms with Crippen molar-refractivity contribution in [3.8, 4) is 11.1 Å². The lowest BCUT2D eigenvalue weighted by atomic mass is 9.82. The number of carboxylic acid groups (broad SMARTS) is 1. The Morgan fingerprint density at radius 3 is 2.16 bits per heavy atom. The van der Waals surface area contributed by atoms with Crippen molar-refractivity contribution in [3.63, 3.8) is 0 Å². The Morgan fingerprint density at radius 2 is 1.62 bits per heavy atom. The van der Waals surface area contributed by atoms with Crippen molar-refractivity contribution in [2.45, 2.75) is 51.2 Å². The van der Waals surface area contributed by atoms with Gasteiger partial charge in [-0.05, 0) is 90.4 Å². The summed E-state index contributed by atoms with van der Waals surface area (Å²) in [5.74, 6) is -2.50. The van der Waals surface area contributed by atoms with Crippen LogP contribution in [0.3, 0.4) is 0 Å². The van der Waals surface area contributed by atoms with Gasteiger partial charge < -0.3 is 5.11 Å². The van der Waals surface area contributed by atoms with Crippen molar-refractivity contribution in [3.05, 3.63) is 94.8 Å². The molecule has 0 amide bonds. The molecule has 2 atom stereocenters. The summed E-state index contributed by atoms with van der Waals surface area (Å²) in [5, 5.41) is 9.78. The molecule has 0 aromatic heterocycles. The number of alkyl halides is 3. The van der Waals surface area contributed by atoms with Crippen LogP contribution in [0.1, 0.15) is 67.3 Å². The van der Waals surface area contributed by atoms with Crippen LogP contribution in [0.4, 0.5) is 17.6 Å². The van der Waals surface area contributed by atoms with E-state index in [4.69, 9.17) is 0 Å². The van der Waals surface area contributed by atoms with Crippen LogP contribution in [0.5, 0.6) is 0 Å². The monoisotopic (exact) mass is 513 g/mol. The quantitative estimate of drug-likeness (QED) is 0.326. The molecule has 3 aromatic carbocycles. The summed E-state index contributed by atoms with van der Waals surface area (Å²) >= 11 is 0. The number of rotatable bonds is 7. The van der Waals surface area contributed by atoms with Gasteiger partial charge in [0.15, 0.2) is 0 Å². The van der Waals surface area contributed by atoms with Crippen molar-refractivity contribution in [2.75, 3.05) is 13.1 Å². The van der Waals surface area contributed by atoms with Gasteiger partial charge in [0.05, 0.1) is 17.5 Å². The predicted octanol–water partition coefficient (Wildman–Crippen LogP) is 7.91. The van der Waals surface area contributed by atoms with Crippen LogP contribution in [-0.4, -0.2) is 29.1 Å². The summed E-state index contributed by atoms with van der Waals surface area (Å²) in [5.41, 5.74) is 1.20. The minimum Gasteiger partial charge on any atom is -0.481 e. The third kappa shape index (κ3) is 5.87. The second kappa shape index (κ2) is 11.1. The van der Waals surface area contributed by atoms with Crippen LogP contribution in [-0.2, 0) is 11.0 Å². The molecule has 4 rings (SSSR count). The SMILES string of the molecule is CC[C@@H](C(=O)O)c1cc(-c2ccccc2)c([C@H](c2ccc(F)cc2)N2CCC(C)CC2)cc1C(F)(F)F. The molecular weight excluding hydrogens is 482 g/mol. The average molecular weight is 514 g/mol. The lowest BCUT2D eigenvalue weighted by Crippen LogP contribution is -2.37. The number of piperidine rings is 1. The molecule has 3 nitrogen and oxygen atoms in total. The molecule has 3 aromatic rings. The Labute approximate surface area is 214 Å². The number of aliphatic carboxylic acids is 1. The van der Waals surface area contributed by atoms with E-state index in [2.05, 4.69) is 11.8 Å². The number of nitrogens with zero attached hydrogens (tertiary/aromatic N) is 1. The predicted molar refractivity (Wildman–Crippen MR) is 136 cm³/mol. The van der Waals surface area contributed by atoms with Gasteiger partial charge in [0.1, 0.15) is 5.82 Å². The Morgan fingerprint density at radius 1 is 1.00 bits per heavy atom. The number of likely N-dealkylation sites (tertiary alicyclic amines) is 1. The number of carbonyl (C=O) groups is 1. The standard InChI is InChI=1S/C30H31F4NO2/c1-3-23(29(36)37)25-17-24(20-7-5-4-6-8-20)26(18-27(25)30(32,33)34)28(21-9-11-22(31)12-10-21)35-15-13-19(2)14-16-35/h4-12,17-19,23,28H,3,13-16H2,1-2H3,(H,36,37)/t23-,28+/m1/s1. The molecule has 7 heteroatoms. The lowest BCUT2D eigenvalue weighted by molar-refractivity contribution is -0.141. The minimum atomic E-state index is -4.74. The van der Waals surface area contributed by atoms with Crippen LogP contribution in [0.2, 0.25) is 0 Å². The topological polar surface area (TPSA) is 40.5 Å². The molecule has 0 spiro atoms. The number of hydrogen-bond donors (Lipinski definition) is 1. The number of carboxylic acids is 1. The van der Waals surface area contributed by atoms with Crippen molar-refractivity contribution >= 4 is 5.97 Å². The first-order valence-electron chi connectivity index (χ1n) is 12.6. The highest BCUT2D eigenvalue weighted by atomic mass is 19.4. The molecule has 1 aliphatic heterocycles. The first kappa shape index (κ1) is 26.9. The van der Waals surface area contributed by atoms with Crippen molar-refractivity contribution in [2.24, 2.45) is 5.92 Å². The maximum Gasteiger partial charge on any atom is 0.416 e. The molecule has 1 heterocycles. The molecule has 0 bridgehead atoms. The van der Waals surface area contributed by atoms with E-state index < -0.39 is 35.5 Å². The summed E-state index contributed by atoms with van der Waals surface area (Å²) in [6.45, 7) is 5.11. The van der Waals surface area contributed by atoms with Crippen LogP contribution in [0, 0.1) is 11.7 Å². The highest BCUT2D eigenvalue weighted by Crippen LogP contribution is 2.45. The van der Waals surface area contributed by atoms with E-state index in [1.165, 1.54) is 18.2 Å². The molecule has 1 saturated heterocycles. The van der Waals surface area contributed by atoms with Crippen LogP contribution < -0.4 is 0 Å². The second-order valence-electron chi connectivity index (χ2n) is 9.86. The number of halogens is 4. The molecule has 1 N–H and O–H groups in total. The maximum atomic E-state index is 14.5. The van der Waals surface area contributed by atoms with Crippen LogP contribution in [0.15, 0.2) is 66.7 Å². The van der Waals surface area contributed by atoms with Gasteiger partial charge in [0, 0.05) is 0 Å². The van der Waals surface area contributed by atoms with Crippen molar-refractivity contribution < 1.29 is 27.5 Å². The molecule has 1 fully saturated rings. The Hall–Kier alpha value is -3.19. The number of benzene rings is 3. The van der Waals surface area contributed by atoms with Crippen LogP contribution in [0.25, 0.3) is 11.1 Å². The molecule has 196 valence electrons. The highest BCUT2D eigenvalue weighted by molar-refractivity contribution is 5.79. The zero-order valence-corrected chi connectivity index (χ0v) is 20.9. The van der Waals surface area contributed by atoms with Gasteiger partial charge in [-0.25, -0.2) is 4.39 Å². The van der Waals surface area contributed by atoms with E-state index in [1.807, 2.05) is 18.2 Å². The maximum absolute atomic E-state index is 14.5. The van der Waals surface area contributed by atoms with Gasteiger partial charge in [-0.3, -0.25) is 9.69 Å². The summed E-state index contributed by atoms with van der Waals surface area (Å²) < 4.78 is 57.3. The molecule has 1 aliphatic rings. The number of hydrogen-bond acceptors (Lipinski definition) is 2. The minimum absolute atomic E-state index is 0.0252. The Balaban J connectivity index is 2.03. The second-order valence-corrected chi connectivity index (χ2v) is 9.86. The van der Waals surface area contributed by atoms with E-state index in [1.54, 1.807) is 31.2 Å². The van der Waals surface area contributed by atoms with Gasteiger partial charge in [0.25, 0.3) is 0 Å². The third-order valence-corrected chi connectivity index (χ3v) is 7.36. The first-order valence-corrected chi connectivity index (χ1v) is 12.6. The average Bonchev–Trinajstić information content (AvgIpc) is 2.87. The molecule has 0 saturated carbocycles. The summed E-state index contributed by atoms with van der Waals surface area (Å²) in [4.78, 5) is 14.2. The fraction of sp³-hybridized carbons (Fsp3) is 0.367. The lowest BCUT2D eigenvalue weighted by Gasteiger charge is -2.38. The smallest absolute Gasteiger partial charge is 0.416 e. The molecule has 0 unspecified atom stereocenters. The van der Waals surface area contributed by atoms with Gasteiger partial charge in [0.2, 0.25) is 0 Å². The van der Waals surface area contributed by atoms with Crippen LogP contribution >= 0.6 is 0 Å². The largest absolute Gasteiger partial charge is 0.481 e. The normalized spacial score (nSPS) is 16.9. The first-order chi connectivity index (χ1) is 17.6. The third-order valence-electron chi connectivity index (χ3n) is 7.36. The zero-order chi connectivity index (χ0) is 26.7. The summed E-state index contributed by atoms with van der Waals surface area (Å²) in [6.07, 6.45) is -2.91. The Bertz CT molecular complexity index is 1220. The van der Waals surface area contributed by atoms with E-state index in [0.29, 0.717) is 41.3 Å². The fourth-order valence-corrected chi connectivity index (χ4v) is 5.31. The summed E-state index contributed by atoms with van der Waals surface area (Å²) in [7, 11) is 0. The van der Waals surface area contributed by atoms with E-state index in [9.17, 15) is 27.5 Å². The van der Waals surface area contributed by atoms with E-state index >= 15 is 0 Å². The summed E-state index contributed by atoms with van der Waals surface area (Å²) in [6, 6.07) is 17.0. The Kier molecular flexibility index (Phi) is 8.02. The van der Waals surface area contributed by atoms with Crippen molar-refractivity contribution in [1.82, 2.24) is 4.90 Å². The molecule has 37 heavy (non-hydrogen) atoms. The highest BCUT2D eigenvalue weighted by Gasteiger charge is 2.39. The van der Waals surface area contributed by atoms with Gasteiger partial charge in [-0.1, -0.05) is 56.3 Å². The molecule has 0 radical (unpaired) electrons. The molecular formula is C30H31F4NO2. The van der Waals surface area contributed by atoms with Gasteiger partial charge in [-0.15, -0.1) is 0 Å². The fourth-order valence-electron chi connectivity index (χ4n) is 5.31. The van der Waals surface area contributed by atoms with E-state index in [0.717, 1.165) is 18.9 Å².